The molecule has 0 bridgehead atoms. The van der Waals surface area contributed by atoms with Crippen molar-refractivity contribution in [2.45, 2.75) is 45.2 Å². The van der Waals surface area contributed by atoms with Gasteiger partial charge in [-0.2, -0.15) is 0 Å². The maximum atomic E-state index is 9.03. The second kappa shape index (κ2) is 8.61. The van der Waals surface area contributed by atoms with Crippen LogP contribution < -0.4 is 9.47 Å². The molecule has 1 fully saturated rings. The van der Waals surface area contributed by atoms with Crippen LogP contribution >= 0.6 is 11.6 Å². The van der Waals surface area contributed by atoms with Crippen molar-refractivity contribution >= 4 is 11.6 Å². The standard InChI is InChI=1S/C17H26ClNO3/c1-3-22-16-11-13(10-15(18)17(16)21-2)12-19-8-4-6-14(19)7-5-9-20/h10-11,14,20H,3-9,12H2,1-2H3. The number of aliphatic hydroxyl groups excluding tert-OH is 1. The molecule has 1 aliphatic heterocycles. The van der Waals surface area contributed by atoms with Crippen LogP contribution in [0, 0.1) is 0 Å². The van der Waals surface area contributed by atoms with Gasteiger partial charge in [-0.25, -0.2) is 0 Å². The second-order valence-corrected chi connectivity index (χ2v) is 6.08. The lowest BCUT2D eigenvalue weighted by Crippen LogP contribution is -2.29. The Hall–Kier alpha value is -0.970. The van der Waals surface area contributed by atoms with E-state index in [2.05, 4.69) is 4.90 Å². The highest BCUT2D eigenvalue weighted by atomic mass is 35.5. The van der Waals surface area contributed by atoms with Crippen molar-refractivity contribution in [2.24, 2.45) is 0 Å². The second-order valence-electron chi connectivity index (χ2n) is 5.67. The van der Waals surface area contributed by atoms with E-state index in [4.69, 9.17) is 26.2 Å². The number of hydrogen-bond acceptors (Lipinski definition) is 4. The molecule has 0 aromatic heterocycles. The van der Waals surface area contributed by atoms with E-state index in [9.17, 15) is 0 Å². The molecular formula is C17H26ClNO3. The first-order valence-electron chi connectivity index (χ1n) is 8.03. The number of ether oxygens (including phenoxy) is 2. The van der Waals surface area contributed by atoms with Crippen LogP contribution in [0.25, 0.3) is 0 Å². The van der Waals surface area contributed by atoms with Crippen molar-refractivity contribution in [1.82, 2.24) is 4.90 Å². The van der Waals surface area contributed by atoms with Crippen molar-refractivity contribution in [2.75, 3.05) is 26.9 Å². The fraction of sp³-hybridized carbons (Fsp3) is 0.647. The minimum absolute atomic E-state index is 0.271. The highest BCUT2D eigenvalue weighted by molar-refractivity contribution is 6.32. The first kappa shape index (κ1) is 17.4. The minimum Gasteiger partial charge on any atom is -0.491 e. The number of nitrogens with zero attached hydrogens (tertiary/aromatic N) is 1. The van der Waals surface area contributed by atoms with Crippen molar-refractivity contribution in [1.29, 1.82) is 0 Å². The Morgan fingerprint density at radius 1 is 1.41 bits per heavy atom. The van der Waals surface area contributed by atoms with E-state index in [0.717, 1.165) is 31.5 Å². The molecule has 1 aliphatic rings. The van der Waals surface area contributed by atoms with Gasteiger partial charge in [0.05, 0.1) is 18.7 Å². The van der Waals surface area contributed by atoms with E-state index in [1.54, 1.807) is 7.11 Å². The highest BCUT2D eigenvalue weighted by Crippen LogP contribution is 2.37. The molecule has 0 radical (unpaired) electrons. The lowest BCUT2D eigenvalue weighted by Gasteiger charge is -2.25. The Labute approximate surface area is 138 Å². The van der Waals surface area contributed by atoms with Crippen LogP contribution in [0.1, 0.15) is 38.2 Å². The molecule has 4 nitrogen and oxygen atoms in total. The van der Waals surface area contributed by atoms with Crippen LogP contribution in [-0.4, -0.2) is 42.9 Å². The van der Waals surface area contributed by atoms with Gasteiger partial charge >= 0.3 is 0 Å². The van der Waals surface area contributed by atoms with Crippen LogP contribution in [0.5, 0.6) is 11.5 Å². The Morgan fingerprint density at radius 2 is 2.23 bits per heavy atom. The fourth-order valence-corrected chi connectivity index (χ4v) is 3.48. The number of benzene rings is 1. The average molecular weight is 328 g/mol. The quantitative estimate of drug-likeness (QED) is 0.793. The van der Waals surface area contributed by atoms with Gasteiger partial charge < -0.3 is 14.6 Å². The molecule has 0 spiro atoms. The normalized spacial score (nSPS) is 18.6. The summed E-state index contributed by atoms with van der Waals surface area (Å²) in [6, 6.07) is 4.54. The summed E-state index contributed by atoms with van der Waals surface area (Å²) in [6.07, 6.45) is 4.36. The van der Waals surface area contributed by atoms with Crippen LogP contribution in [0.4, 0.5) is 0 Å². The first-order valence-corrected chi connectivity index (χ1v) is 8.41. The lowest BCUT2D eigenvalue weighted by molar-refractivity contribution is 0.210. The van der Waals surface area contributed by atoms with E-state index in [0.29, 0.717) is 29.2 Å². The zero-order chi connectivity index (χ0) is 15.9. The number of rotatable bonds is 8. The largest absolute Gasteiger partial charge is 0.491 e. The fourth-order valence-electron chi connectivity index (χ4n) is 3.17. The highest BCUT2D eigenvalue weighted by Gasteiger charge is 2.24. The molecule has 1 aromatic carbocycles. The minimum atomic E-state index is 0.271. The third-order valence-corrected chi connectivity index (χ3v) is 4.43. The van der Waals surface area contributed by atoms with Crippen LogP contribution in [0.2, 0.25) is 5.02 Å². The molecular weight excluding hydrogens is 302 g/mol. The van der Waals surface area contributed by atoms with Gasteiger partial charge in [-0.15, -0.1) is 0 Å². The number of hydrogen-bond donors (Lipinski definition) is 1. The van der Waals surface area contributed by atoms with E-state index in [1.807, 2.05) is 19.1 Å². The summed E-state index contributed by atoms with van der Waals surface area (Å²) >= 11 is 6.32. The third-order valence-electron chi connectivity index (χ3n) is 4.15. The molecule has 1 aromatic rings. The van der Waals surface area contributed by atoms with Crippen molar-refractivity contribution < 1.29 is 14.6 Å². The zero-order valence-corrected chi connectivity index (χ0v) is 14.2. The summed E-state index contributed by atoms with van der Waals surface area (Å²) in [6.45, 7) is 4.77. The van der Waals surface area contributed by atoms with Gasteiger partial charge in [-0.1, -0.05) is 11.6 Å². The van der Waals surface area contributed by atoms with Crippen molar-refractivity contribution in [3.05, 3.63) is 22.7 Å². The summed E-state index contributed by atoms with van der Waals surface area (Å²) in [4.78, 5) is 2.48. The molecule has 124 valence electrons. The average Bonchev–Trinajstić information content (AvgIpc) is 2.92. The maximum absolute atomic E-state index is 9.03. The van der Waals surface area contributed by atoms with E-state index in [-0.39, 0.29) is 6.61 Å². The summed E-state index contributed by atoms with van der Waals surface area (Å²) < 4.78 is 11.0. The number of halogens is 1. The molecule has 1 heterocycles. The smallest absolute Gasteiger partial charge is 0.179 e. The van der Waals surface area contributed by atoms with Gasteiger partial charge in [-0.05, 0) is 56.8 Å². The Bertz CT molecular complexity index is 481. The molecule has 2 rings (SSSR count). The van der Waals surface area contributed by atoms with Gasteiger partial charge in [0.15, 0.2) is 11.5 Å². The van der Waals surface area contributed by atoms with E-state index in [1.165, 1.54) is 12.8 Å². The number of likely N-dealkylation sites (tertiary alicyclic amines) is 1. The number of methoxy groups -OCH3 is 1. The predicted molar refractivity (Wildman–Crippen MR) is 88.9 cm³/mol. The molecule has 1 unspecified atom stereocenters. The van der Waals surface area contributed by atoms with E-state index >= 15 is 0 Å². The van der Waals surface area contributed by atoms with Gasteiger partial charge in [0.1, 0.15) is 0 Å². The van der Waals surface area contributed by atoms with Crippen molar-refractivity contribution in [3.8, 4) is 11.5 Å². The van der Waals surface area contributed by atoms with Gasteiger partial charge in [0.2, 0.25) is 0 Å². The molecule has 0 saturated carbocycles. The Morgan fingerprint density at radius 3 is 2.91 bits per heavy atom. The third kappa shape index (κ3) is 4.28. The van der Waals surface area contributed by atoms with Gasteiger partial charge in [0.25, 0.3) is 0 Å². The number of aliphatic hydroxyl groups is 1. The molecule has 1 atom stereocenters. The van der Waals surface area contributed by atoms with Crippen LogP contribution in [-0.2, 0) is 6.54 Å². The summed E-state index contributed by atoms with van der Waals surface area (Å²) in [5.74, 6) is 1.31. The molecule has 22 heavy (non-hydrogen) atoms. The van der Waals surface area contributed by atoms with Crippen LogP contribution in [0.15, 0.2) is 12.1 Å². The SMILES string of the molecule is CCOc1cc(CN2CCCC2CCCO)cc(Cl)c1OC. The first-order chi connectivity index (χ1) is 10.7. The topological polar surface area (TPSA) is 41.9 Å². The molecule has 1 N–H and O–H groups in total. The van der Waals surface area contributed by atoms with E-state index < -0.39 is 0 Å². The molecule has 1 saturated heterocycles. The molecule has 0 aliphatic carbocycles. The molecule has 5 heteroatoms. The van der Waals surface area contributed by atoms with Crippen LogP contribution in [0.3, 0.4) is 0 Å². The summed E-state index contributed by atoms with van der Waals surface area (Å²) in [5.41, 5.74) is 1.14. The van der Waals surface area contributed by atoms with Gasteiger partial charge in [0, 0.05) is 19.2 Å². The summed E-state index contributed by atoms with van der Waals surface area (Å²) in [7, 11) is 1.61. The summed E-state index contributed by atoms with van der Waals surface area (Å²) in [5, 5.41) is 9.62. The Balaban J connectivity index is 2.11. The Kier molecular flexibility index (Phi) is 6.80. The monoisotopic (exact) mass is 327 g/mol. The molecule has 0 amide bonds. The predicted octanol–water partition coefficient (Wildman–Crippen LogP) is 3.48. The zero-order valence-electron chi connectivity index (χ0n) is 13.5. The van der Waals surface area contributed by atoms with Crippen molar-refractivity contribution in [3.63, 3.8) is 0 Å². The lowest BCUT2D eigenvalue weighted by atomic mass is 10.1. The maximum Gasteiger partial charge on any atom is 0.179 e. The van der Waals surface area contributed by atoms with Gasteiger partial charge in [-0.3, -0.25) is 4.90 Å².